The van der Waals surface area contributed by atoms with E-state index in [0.717, 1.165) is 0 Å². The van der Waals surface area contributed by atoms with Gasteiger partial charge in [-0.05, 0) is 0 Å². The van der Waals surface area contributed by atoms with E-state index in [2.05, 4.69) is 0 Å². The SMILES string of the molecule is COc1cc(OC)c(C(O)CO)c(OC)c1. The van der Waals surface area contributed by atoms with Crippen molar-refractivity contribution in [2.45, 2.75) is 6.10 Å². The first-order valence-corrected chi connectivity index (χ1v) is 4.76. The molecule has 0 aliphatic rings. The van der Waals surface area contributed by atoms with Crippen LogP contribution >= 0.6 is 0 Å². The van der Waals surface area contributed by atoms with Crippen LogP contribution < -0.4 is 14.2 Å². The van der Waals surface area contributed by atoms with Gasteiger partial charge in [-0.2, -0.15) is 0 Å². The van der Waals surface area contributed by atoms with Crippen molar-refractivity contribution in [1.29, 1.82) is 0 Å². The Balaban J connectivity index is 3.31. The molecule has 0 bridgehead atoms. The molecule has 1 unspecified atom stereocenters. The van der Waals surface area contributed by atoms with Gasteiger partial charge in [0.1, 0.15) is 23.4 Å². The van der Waals surface area contributed by atoms with Crippen LogP contribution in [0.25, 0.3) is 0 Å². The van der Waals surface area contributed by atoms with Crippen LogP contribution in [0.3, 0.4) is 0 Å². The Bertz CT molecular complexity index is 325. The number of hydrogen-bond donors (Lipinski definition) is 2. The molecule has 5 nitrogen and oxygen atoms in total. The van der Waals surface area contributed by atoms with Gasteiger partial charge >= 0.3 is 0 Å². The predicted octanol–water partition coefficient (Wildman–Crippen LogP) is 0.738. The average Bonchev–Trinajstić information content (AvgIpc) is 2.35. The largest absolute Gasteiger partial charge is 0.496 e. The minimum atomic E-state index is -1.05. The number of benzene rings is 1. The molecule has 90 valence electrons. The number of ether oxygens (including phenoxy) is 3. The molecular weight excluding hydrogens is 212 g/mol. The minimum absolute atomic E-state index is 0.404. The standard InChI is InChI=1S/C11H16O5/c1-14-7-4-9(15-2)11(8(13)6-12)10(5-7)16-3/h4-5,8,12-13H,6H2,1-3H3. The molecule has 0 saturated heterocycles. The van der Waals surface area contributed by atoms with Crippen LogP contribution in [0.4, 0.5) is 0 Å². The Morgan fingerprint density at radius 3 is 1.88 bits per heavy atom. The lowest BCUT2D eigenvalue weighted by Crippen LogP contribution is -2.07. The second-order valence-corrected chi connectivity index (χ2v) is 3.14. The number of methoxy groups -OCH3 is 3. The quantitative estimate of drug-likeness (QED) is 0.778. The second-order valence-electron chi connectivity index (χ2n) is 3.14. The summed E-state index contributed by atoms with van der Waals surface area (Å²) in [5.74, 6) is 1.39. The number of aliphatic hydroxyl groups excluding tert-OH is 2. The van der Waals surface area contributed by atoms with Crippen molar-refractivity contribution in [2.24, 2.45) is 0 Å². The van der Waals surface area contributed by atoms with Crippen molar-refractivity contribution in [1.82, 2.24) is 0 Å². The van der Waals surface area contributed by atoms with E-state index in [1.54, 1.807) is 12.1 Å². The fourth-order valence-corrected chi connectivity index (χ4v) is 1.45. The van der Waals surface area contributed by atoms with E-state index < -0.39 is 12.7 Å². The summed E-state index contributed by atoms with van der Waals surface area (Å²) in [5.41, 5.74) is 0.410. The maximum Gasteiger partial charge on any atom is 0.132 e. The first-order valence-electron chi connectivity index (χ1n) is 4.76. The van der Waals surface area contributed by atoms with Crippen molar-refractivity contribution in [2.75, 3.05) is 27.9 Å². The van der Waals surface area contributed by atoms with Gasteiger partial charge in [0, 0.05) is 12.1 Å². The summed E-state index contributed by atoms with van der Waals surface area (Å²) in [7, 11) is 4.47. The van der Waals surface area contributed by atoms with Gasteiger partial charge in [-0.15, -0.1) is 0 Å². The molecule has 0 aromatic heterocycles. The zero-order chi connectivity index (χ0) is 12.1. The van der Waals surface area contributed by atoms with Crippen molar-refractivity contribution < 1.29 is 24.4 Å². The summed E-state index contributed by atoms with van der Waals surface area (Å²) in [4.78, 5) is 0. The Hall–Kier alpha value is -1.46. The van der Waals surface area contributed by atoms with Crippen molar-refractivity contribution >= 4 is 0 Å². The molecule has 1 atom stereocenters. The van der Waals surface area contributed by atoms with Crippen LogP contribution in [0.2, 0.25) is 0 Å². The number of hydrogen-bond acceptors (Lipinski definition) is 5. The normalized spacial score (nSPS) is 12.1. The average molecular weight is 228 g/mol. The lowest BCUT2D eigenvalue weighted by Gasteiger charge is -2.17. The number of aliphatic hydroxyl groups is 2. The van der Waals surface area contributed by atoms with E-state index in [4.69, 9.17) is 19.3 Å². The lowest BCUT2D eigenvalue weighted by molar-refractivity contribution is 0.0909. The highest BCUT2D eigenvalue weighted by Gasteiger charge is 2.19. The lowest BCUT2D eigenvalue weighted by atomic mass is 10.1. The highest BCUT2D eigenvalue weighted by atomic mass is 16.5. The summed E-state index contributed by atoms with van der Waals surface area (Å²) >= 11 is 0. The molecule has 0 spiro atoms. The van der Waals surface area contributed by atoms with Crippen molar-refractivity contribution in [3.05, 3.63) is 17.7 Å². The fourth-order valence-electron chi connectivity index (χ4n) is 1.45. The van der Waals surface area contributed by atoms with Crippen molar-refractivity contribution in [3.63, 3.8) is 0 Å². The predicted molar refractivity (Wildman–Crippen MR) is 58.1 cm³/mol. The minimum Gasteiger partial charge on any atom is -0.496 e. The first kappa shape index (κ1) is 12.6. The molecule has 0 radical (unpaired) electrons. The van der Waals surface area contributed by atoms with E-state index in [9.17, 15) is 5.11 Å². The molecule has 5 heteroatoms. The van der Waals surface area contributed by atoms with Crippen LogP contribution in [0, 0.1) is 0 Å². The van der Waals surface area contributed by atoms with Crippen LogP contribution in [0.1, 0.15) is 11.7 Å². The zero-order valence-corrected chi connectivity index (χ0v) is 9.56. The van der Waals surface area contributed by atoms with E-state index in [0.29, 0.717) is 22.8 Å². The Labute approximate surface area is 94.2 Å². The van der Waals surface area contributed by atoms with Gasteiger partial charge in [0.2, 0.25) is 0 Å². The third-order valence-electron chi connectivity index (χ3n) is 2.26. The molecule has 0 aliphatic carbocycles. The van der Waals surface area contributed by atoms with Crippen molar-refractivity contribution in [3.8, 4) is 17.2 Å². The van der Waals surface area contributed by atoms with Gasteiger partial charge in [-0.1, -0.05) is 0 Å². The molecule has 16 heavy (non-hydrogen) atoms. The third-order valence-corrected chi connectivity index (χ3v) is 2.26. The molecule has 2 N–H and O–H groups in total. The molecule has 0 amide bonds. The summed E-state index contributed by atoms with van der Waals surface area (Å²) in [6.45, 7) is -0.404. The monoisotopic (exact) mass is 228 g/mol. The highest BCUT2D eigenvalue weighted by molar-refractivity contribution is 5.51. The maximum atomic E-state index is 9.67. The van der Waals surface area contributed by atoms with E-state index in [-0.39, 0.29) is 0 Å². The van der Waals surface area contributed by atoms with Crippen LogP contribution in [0.5, 0.6) is 17.2 Å². The van der Waals surface area contributed by atoms with Gasteiger partial charge in [-0.3, -0.25) is 0 Å². The van der Waals surface area contributed by atoms with Gasteiger partial charge in [0.25, 0.3) is 0 Å². The molecule has 0 heterocycles. The highest BCUT2D eigenvalue weighted by Crippen LogP contribution is 2.37. The molecule has 1 rings (SSSR count). The van der Waals surface area contributed by atoms with Crippen LogP contribution in [-0.2, 0) is 0 Å². The smallest absolute Gasteiger partial charge is 0.132 e. The van der Waals surface area contributed by atoms with Crippen LogP contribution in [0.15, 0.2) is 12.1 Å². The van der Waals surface area contributed by atoms with Gasteiger partial charge in [0.05, 0.1) is 33.5 Å². The zero-order valence-electron chi connectivity index (χ0n) is 9.56. The molecule has 1 aromatic rings. The Morgan fingerprint density at radius 2 is 1.56 bits per heavy atom. The molecule has 0 aliphatic heterocycles. The van der Waals surface area contributed by atoms with Crippen LogP contribution in [-0.4, -0.2) is 38.1 Å². The van der Waals surface area contributed by atoms with Gasteiger partial charge in [-0.25, -0.2) is 0 Å². The summed E-state index contributed by atoms with van der Waals surface area (Å²) < 4.78 is 15.3. The first-order chi connectivity index (χ1) is 7.67. The Morgan fingerprint density at radius 1 is 1.06 bits per heavy atom. The maximum absolute atomic E-state index is 9.67. The molecular formula is C11H16O5. The molecule has 0 fully saturated rings. The van der Waals surface area contributed by atoms with Gasteiger partial charge in [0.15, 0.2) is 0 Å². The fraction of sp³-hybridized carbons (Fsp3) is 0.455. The van der Waals surface area contributed by atoms with E-state index in [1.807, 2.05) is 0 Å². The second kappa shape index (κ2) is 5.58. The topological polar surface area (TPSA) is 68.2 Å². The third kappa shape index (κ3) is 2.37. The summed E-state index contributed by atoms with van der Waals surface area (Å²) in [6.07, 6.45) is -1.05. The summed E-state index contributed by atoms with van der Waals surface area (Å²) in [6, 6.07) is 3.24. The molecule has 1 aromatic carbocycles. The number of rotatable bonds is 5. The van der Waals surface area contributed by atoms with E-state index >= 15 is 0 Å². The summed E-state index contributed by atoms with van der Waals surface area (Å²) in [5, 5.41) is 18.6. The van der Waals surface area contributed by atoms with Gasteiger partial charge < -0.3 is 24.4 Å². The molecule has 0 saturated carbocycles. The van der Waals surface area contributed by atoms with E-state index in [1.165, 1.54) is 21.3 Å². The Kier molecular flexibility index (Phi) is 4.39.